The van der Waals surface area contributed by atoms with Crippen LogP contribution in [0.1, 0.15) is 13.8 Å². The molecule has 0 amide bonds. The molecule has 0 fully saturated rings. The normalized spacial score (nSPS) is 11.5. The molecule has 5 nitrogen and oxygen atoms in total. The first-order valence-electron chi connectivity index (χ1n) is 8.32. The second kappa shape index (κ2) is 9.80. The lowest BCUT2D eigenvalue weighted by atomic mass is 10.3. The molecule has 0 aliphatic carbocycles. The summed E-state index contributed by atoms with van der Waals surface area (Å²) in [7, 11) is -3.58. The van der Waals surface area contributed by atoms with Crippen LogP contribution in [0, 0.1) is 0 Å². The van der Waals surface area contributed by atoms with Gasteiger partial charge in [0.05, 0.1) is 29.1 Å². The highest BCUT2D eigenvalue weighted by atomic mass is 35.5. The average Bonchev–Trinajstić information content (AvgIpc) is 2.62. The largest absolute Gasteiger partial charge is 0.491 e. The summed E-state index contributed by atoms with van der Waals surface area (Å²) in [5, 5.41) is 0. The first-order chi connectivity index (χ1) is 12.4. The zero-order valence-corrected chi connectivity index (χ0v) is 16.4. The van der Waals surface area contributed by atoms with Gasteiger partial charge in [0.15, 0.2) is 0 Å². The zero-order chi connectivity index (χ0) is 19.0. The molecule has 2 aromatic rings. The van der Waals surface area contributed by atoms with Gasteiger partial charge in [0.25, 0.3) is 0 Å². The molecule has 2 rings (SSSR count). The molecule has 0 heterocycles. The first kappa shape index (κ1) is 20.6. The number of hydrogen-bond acceptors (Lipinski definition) is 5. The van der Waals surface area contributed by atoms with Crippen molar-refractivity contribution in [2.24, 2.45) is 0 Å². The number of alkyl halides is 1. The van der Waals surface area contributed by atoms with Crippen LogP contribution < -0.4 is 9.47 Å². The highest BCUT2D eigenvalue weighted by Crippen LogP contribution is 2.25. The quantitative estimate of drug-likeness (QED) is 0.448. The molecular weight excluding hydrogens is 376 g/mol. The van der Waals surface area contributed by atoms with Gasteiger partial charge in [0.1, 0.15) is 18.1 Å². The summed E-state index contributed by atoms with van der Waals surface area (Å²) < 4.78 is 41.6. The van der Waals surface area contributed by atoms with E-state index in [1.165, 1.54) is 12.1 Å². The van der Waals surface area contributed by atoms with Gasteiger partial charge < -0.3 is 14.2 Å². The van der Waals surface area contributed by atoms with Crippen molar-refractivity contribution < 1.29 is 22.6 Å². The minimum absolute atomic E-state index is 0.0327. The molecule has 0 unspecified atom stereocenters. The fourth-order valence-corrected chi connectivity index (χ4v) is 3.57. The van der Waals surface area contributed by atoms with Gasteiger partial charge in [0.2, 0.25) is 9.84 Å². The smallest absolute Gasteiger partial charge is 0.206 e. The average molecular weight is 399 g/mol. The van der Waals surface area contributed by atoms with Crippen molar-refractivity contribution in [1.82, 2.24) is 0 Å². The molecule has 7 heteroatoms. The number of hydrogen-bond donors (Lipinski definition) is 0. The summed E-state index contributed by atoms with van der Waals surface area (Å²) >= 11 is 5.51. The third-order valence-electron chi connectivity index (χ3n) is 3.36. The molecule has 0 aliphatic rings. The molecule has 0 N–H and O–H groups in total. The van der Waals surface area contributed by atoms with E-state index in [1.807, 2.05) is 13.8 Å². The summed E-state index contributed by atoms with van der Waals surface area (Å²) in [6.45, 7) is 5.11. The van der Waals surface area contributed by atoms with Crippen LogP contribution in [0.25, 0.3) is 0 Å². The van der Waals surface area contributed by atoms with Gasteiger partial charge in [-0.25, -0.2) is 8.42 Å². The maximum Gasteiger partial charge on any atom is 0.206 e. The Morgan fingerprint density at radius 2 is 1.38 bits per heavy atom. The number of ether oxygens (including phenoxy) is 3. The third-order valence-corrected chi connectivity index (χ3v) is 5.30. The Morgan fingerprint density at radius 3 is 1.88 bits per heavy atom. The maximum absolute atomic E-state index is 12.7. The van der Waals surface area contributed by atoms with Crippen LogP contribution in [0.4, 0.5) is 0 Å². The van der Waals surface area contributed by atoms with Gasteiger partial charge >= 0.3 is 0 Å². The van der Waals surface area contributed by atoms with E-state index >= 15 is 0 Å². The Labute approximate surface area is 159 Å². The molecule has 0 aliphatic heterocycles. The van der Waals surface area contributed by atoms with Gasteiger partial charge in [-0.05, 0) is 62.4 Å². The monoisotopic (exact) mass is 398 g/mol. The minimum Gasteiger partial charge on any atom is -0.491 e. The van der Waals surface area contributed by atoms with Gasteiger partial charge in [-0.2, -0.15) is 0 Å². The second-order valence-corrected chi connectivity index (χ2v) is 8.09. The van der Waals surface area contributed by atoms with Gasteiger partial charge in [-0.3, -0.25) is 0 Å². The van der Waals surface area contributed by atoms with Crippen LogP contribution in [-0.2, 0) is 14.6 Å². The van der Waals surface area contributed by atoms with Crippen LogP contribution >= 0.6 is 11.6 Å². The van der Waals surface area contributed by atoms with Gasteiger partial charge in [-0.15, -0.1) is 11.6 Å². The Bertz CT molecular complexity index is 771. The number of benzene rings is 2. The molecule has 26 heavy (non-hydrogen) atoms. The van der Waals surface area contributed by atoms with Crippen molar-refractivity contribution in [3.05, 3.63) is 48.5 Å². The molecule has 142 valence electrons. The lowest BCUT2D eigenvalue weighted by Gasteiger charge is -2.11. The lowest BCUT2D eigenvalue weighted by Crippen LogP contribution is -2.08. The number of rotatable bonds is 10. The SMILES string of the molecule is CC(C)Oc1ccc(S(=O)(=O)c2ccc(OCCOCCCl)cc2)cc1. The summed E-state index contributed by atoms with van der Waals surface area (Å²) in [5.41, 5.74) is 0. The fraction of sp³-hybridized carbons (Fsp3) is 0.368. The molecule has 0 spiro atoms. The van der Waals surface area contributed by atoms with E-state index in [0.29, 0.717) is 37.2 Å². The summed E-state index contributed by atoms with van der Waals surface area (Å²) in [4.78, 5) is 0.428. The standard InChI is InChI=1S/C19H23ClO5S/c1-15(2)25-17-5-9-19(10-6-17)26(21,22)18-7-3-16(4-8-18)24-14-13-23-12-11-20/h3-10,15H,11-14H2,1-2H3. The topological polar surface area (TPSA) is 61.8 Å². The molecule has 0 radical (unpaired) electrons. The first-order valence-corrected chi connectivity index (χ1v) is 10.3. The van der Waals surface area contributed by atoms with E-state index in [9.17, 15) is 8.42 Å². The van der Waals surface area contributed by atoms with Gasteiger partial charge in [0, 0.05) is 5.88 Å². The molecule has 0 bridgehead atoms. The van der Waals surface area contributed by atoms with Crippen molar-refractivity contribution in [1.29, 1.82) is 0 Å². The summed E-state index contributed by atoms with van der Waals surface area (Å²) in [6, 6.07) is 12.7. The van der Waals surface area contributed by atoms with Crippen molar-refractivity contribution >= 4 is 21.4 Å². The molecule has 0 saturated heterocycles. The highest BCUT2D eigenvalue weighted by molar-refractivity contribution is 7.91. The number of sulfone groups is 1. The Balaban J connectivity index is 2.02. The van der Waals surface area contributed by atoms with E-state index in [2.05, 4.69) is 0 Å². The molecule has 0 atom stereocenters. The Morgan fingerprint density at radius 1 is 0.846 bits per heavy atom. The van der Waals surface area contributed by atoms with Crippen molar-refractivity contribution in [2.75, 3.05) is 25.7 Å². The van der Waals surface area contributed by atoms with E-state index in [0.717, 1.165) is 0 Å². The van der Waals surface area contributed by atoms with Crippen LogP contribution in [0.3, 0.4) is 0 Å². The van der Waals surface area contributed by atoms with E-state index < -0.39 is 9.84 Å². The van der Waals surface area contributed by atoms with Gasteiger partial charge in [-0.1, -0.05) is 0 Å². The van der Waals surface area contributed by atoms with Crippen LogP contribution in [-0.4, -0.2) is 40.2 Å². The van der Waals surface area contributed by atoms with Crippen molar-refractivity contribution in [3.8, 4) is 11.5 Å². The number of halogens is 1. The van der Waals surface area contributed by atoms with Crippen molar-refractivity contribution in [2.45, 2.75) is 29.7 Å². The van der Waals surface area contributed by atoms with Crippen LogP contribution in [0.2, 0.25) is 0 Å². The molecule has 0 saturated carbocycles. The highest BCUT2D eigenvalue weighted by Gasteiger charge is 2.17. The Hall–Kier alpha value is -1.76. The second-order valence-electron chi connectivity index (χ2n) is 5.76. The van der Waals surface area contributed by atoms with E-state index in [1.54, 1.807) is 36.4 Å². The predicted molar refractivity (Wildman–Crippen MR) is 101 cm³/mol. The molecule has 2 aromatic carbocycles. The van der Waals surface area contributed by atoms with Crippen LogP contribution in [0.15, 0.2) is 58.3 Å². The summed E-state index contributed by atoms with van der Waals surface area (Å²) in [6.07, 6.45) is 0.0327. The lowest BCUT2D eigenvalue weighted by molar-refractivity contribution is 0.111. The predicted octanol–water partition coefficient (Wildman–Crippen LogP) is 3.94. The summed E-state index contributed by atoms with van der Waals surface area (Å²) in [5.74, 6) is 1.66. The van der Waals surface area contributed by atoms with E-state index in [4.69, 9.17) is 25.8 Å². The Kier molecular flexibility index (Phi) is 7.75. The molecular formula is C19H23ClO5S. The molecule has 0 aromatic heterocycles. The fourth-order valence-electron chi connectivity index (χ4n) is 2.20. The van der Waals surface area contributed by atoms with E-state index in [-0.39, 0.29) is 15.9 Å². The van der Waals surface area contributed by atoms with Crippen molar-refractivity contribution in [3.63, 3.8) is 0 Å². The van der Waals surface area contributed by atoms with Crippen LogP contribution in [0.5, 0.6) is 11.5 Å². The third kappa shape index (κ3) is 5.90. The minimum atomic E-state index is -3.58. The zero-order valence-electron chi connectivity index (χ0n) is 14.9. The maximum atomic E-state index is 12.7.